The summed E-state index contributed by atoms with van der Waals surface area (Å²) in [6.07, 6.45) is 0. The summed E-state index contributed by atoms with van der Waals surface area (Å²) in [7, 11) is 0. The molecule has 0 heterocycles. The van der Waals surface area contributed by atoms with Crippen molar-refractivity contribution < 1.29 is 9.90 Å². The van der Waals surface area contributed by atoms with E-state index in [1.54, 1.807) is 0 Å². The van der Waals surface area contributed by atoms with E-state index >= 15 is 0 Å². The Kier molecular flexibility index (Phi) is 3.47. The molecule has 2 nitrogen and oxygen atoms in total. The monoisotopic (exact) mass is 240 g/mol. The summed E-state index contributed by atoms with van der Waals surface area (Å²) < 4.78 is 0. The highest BCUT2D eigenvalue weighted by Crippen LogP contribution is 2.26. The second-order valence-electron chi connectivity index (χ2n) is 4.60. The van der Waals surface area contributed by atoms with Gasteiger partial charge >= 0.3 is 5.97 Å². The number of hydrogen-bond donors (Lipinski definition) is 1. The van der Waals surface area contributed by atoms with Crippen LogP contribution in [-0.4, -0.2) is 11.1 Å². The Morgan fingerprint density at radius 2 is 1.39 bits per heavy atom. The molecule has 0 spiro atoms. The van der Waals surface area contributed by atoms with E-state index in [-0.39, 0.29) is 0 Å². The minimum Gasteiger partial charge on any atom is -0.481 e. The van der Waals surface area contributed by atoms with Gasteiger partial charge in [0.05, 0.1) is 0 Å². The third-order valence-electron chi connectivity index (χ3n) is 3.00. The lowest BCUT2D eigenvalue weighted by Crippen LogP contribution is -2.13. The molecular weight excluding hydrogens is 224 g/mol. The van der Waals surface area contributed by atoms with Crippen LogP contribution < -0.4 is 0 Å². The maximum atomic E-state index is 11.5. The summed E-state index contributed by atoms with van der Waals surface area (Å²) >= 11 is 0. The van der Waals surface area contributed by atoms with E-state index in [9.17, 15) is 9.90 Å². The quantitative estimate of drug-likeness (QED) is 0.891. The zero-order valence-corrected chi connectivity index (χ0v) is 10.6. The smallest absolute Gasteiger partial charge is 0.315 e. The Labute approximate surface area is 107 Å². The Morgan fingerprint density at radius 3 is 1.72 bits per heavy atom. The van der Waals surface area contributed by atoms with E-state index < -0.39 is 11.9 Å². The number of carboxylic acids is 1. The van der Waals surface area contributed by atoms with E-state index in [4.69, 9.17) is 0 Å². The van der Waals surface area contributed by atoms with Crippen LogP contribution in [-0.2, 0) is 4.79 Å². The molecule has 2 rings (SSSR count). The fourth-order valence-electron chi connectivity index (χ4n) is 2.18. The highest BCUT2D eigenvalue weighted by Gasteiger charge is 2.21. The van der Waals surface area contributed by atoms with Crippen LogP contribution in [0, 0.1) is 13.8 Å². The van der Waals surface area contributed by atoms with Crippen LogP contribution >= 0.6 is 0 Å². The van der Waals surface area contributed by atoms with E-state index in [0.29, 0.717) is 0 Å². The molecule has 2 heteroatoms. The van der Waals surface area contributed by atoms with E-state index in [1.807, 2.05) is 62.4 Å². The van der Waals surface area contributed by atoms with Crippen molar-refractivity contribution in [1.29, 1.82) is 0 Å². The van der Waals surface area contributed by atoms with Gasteiger partial charge in [0.2, 0.25) is 0 Å². The molecule has 0 saturated heterocycles. The van der Waals surface area contributed by atoms with Crippen molar-refractivity contribution in [2.45, 2.75) is 19.8 Å². The molecule has 0 atom stereocenters. The lowest BCUT2D eigenvalue weighted by atomic mass is 9.90. The third kappa shape index (κ3) is 2.59. The normalized spacial score (nSPS) is 10.6. The molecule has 92 valence electrons. The summed E-state index contributed by atoms with van der Waals surface area (Å²) in [4.78, 5) is 11.5. The highest BCUT2D eigenvalue weighted by atomic mass is 16.4. The van der Waals surface area contributed by atoms with Gasteiger partial charge in [0.25, 0.3) is 0 Å². The standard InChI is InChI=1S/C16H16O2/c1-11-5-3-7-13(9-11)15(16(17)18)14-8-4-6-12(2)10-14/h3-10,15H,1-2H3,(H,17,18). The number of hydrogen-bond acceptors (Lipinski definition) is 1. The van der Waals surface area contributed by atoms with Crippen molar-refractivity contribution in [3.63, 3.8) is 0 Å². The Morgan fingerprint density at radius 1 is 0.944 bits per heavy atom. The van der Waals surface area contributed by atoms with Crippen molar-refractivity contribution in [3.8, 4) is 0 Å². The second kappa shape index (κ2) is 5.05. The largest absolute Gasteiger partial charge is 0.481 e. The van der Waals surface area contributed by atoms with Gasteiger partial charge in [0.1, 0.15) is 5.92 Å². The fourth-order valence-corrected chi connectivity index (χ4v) is 2.18. The maximum Gasteiger partial charge on any atom is 0.315 e. The molecule has 0 radical (unpaired) electrons. The third-order valence-corrected chi connectivity index (χ3v) is 3.00. The summed E-state index contributed by atoms with van der Waals surface area (Å²) in [5.74, 6) is -1.41. The average Bonchev–Trinajstić information content (AvgIpc) is 2.28. The Balaban J connectivity index is 2.50. The molecule has 0 unspecified atom stereocenters. The fraction of sp³-hybridized carbons (Fsp3) is 0.188. The van der Waals surface area contributed by atoms with Gasteiger partial charge in [0, 0.05) is 0 Å². The number of aryl methyl sites for hydroxylation is 2. The summed E-state index contributed by atoms with van der Waals surface area (Å²) in [6, 6.07) is 15.3. The molecule has 2 aromatic carbocycles. The second-order valence-corrected chi connectivity index (χ2v) is 4.60. The lowest BCUT2D eigenvalue weighted by Gasteiger charge is -2.14. The first kappa shape index (κ1) is 12.4. The Bertz CT molecular complexity index is 527. The van der Waals surface area contributed by atoms with Gasteiger partial charge in [-0.1, -0.05) is 59.7 Å². The molecule has 0 aliphatic carbocycles. The lowest BCUT2D eigenvalue weighted by molar-refractivity contribution is -0.137. The van der Waals surface area contributed by atoms with Gasteiger partial charge in [-0.25, -0.2) is 0 Å². The van der Waals surface area contributed by atoms with Crippen LogP contribution in [0.15, 0.2) is 48.5 Å². The predicted octanol–water partition coefficient (Wildman–Crippen LogP) is 3.52. The zero-order chi connectivity index (χ0) is 13.1. The molecule has 0 fully saturated rings. The first-order valence-electron chi connectivity index (χ1n) is 5.94. The topological polar surface area (TPSA) is 37.3 Å². The summed E-state index contributed by atoms with van der Waals surface area (Å²) in [5, 5.41) is 9.46. The number of carboxylic acid groups (broad SMARTS) is 1. The van der Waals surface area contributed by atoms with Crippen molar-refractivity contribution in [2.24, 2.45) is 0 Å². The Hall–Kier alpha value is -2.09. The van der Waals surface area contributed by atoms with Crippen molar-refractivity contribution >= 4 is 5.97 Å². The molecule has 0 amide bonds. The molecule has 0 bridgehead atoms. The molecule has 0 aliphatic rings. The number of carbonyl (C=O) groups is 1. The highest BCUT2D eigenvalue weighted by molar-refractivity contribution is 5.80. The zero-order valence-electron chi connectivity index (χ0n) is 10.6. The summed E-state index contributed by atoms with van der Waals surface area (Å²) in [5.41, 5.74) is 3.80. The van der Waals surface area contributed by atoms with Crippen LogP contribution in [0.4, 0.5) is 0 Å². The molecule has 1 N–H and O–H groups in total. The minimum atomic E-state index is -0.814. The van der Waals surface area contributed by atoms with Crippen molar-refractivity contribution in [1.82, 2.24) is 0 Å². The molecule has 2 aromatic rings. The van der Waals surface area contributed by atoms with Crippen LogP contribution in [0.2, 0.25) is 0 Å². The van der Waals surface area contributed by atoms with E-state index in [2.05, 4.69) is 0 Å². The van der Waals surface area contributed by atoms with Gasteiger partial charge in [-0.05, 0) is 25.0 Å². The average molecular weight is 240 g/mol. The van der Waals surface area contributed by atoms with Crippen LogP contribution in [0.5, 0.6) is 0 Å². The first-order valence-corrected chi connectivity index (χ1v) is 5.94. The van der Waals surface area contributed by atoms with Gasteiger partial charge in [-0.2, -0.15) is 0 Å². The van der Waals surface area contributed by atoms with Gasteiger partial charge in [0.15, 0.2) is 0 Å². The number of rotatable bonds is 3. The number of aliphatic carboxylic acids is 1. The van der Waals surface area contributed by atoms with Crippen LogP contribution in [0.1, 0.15) is 28.2 Å². The summed E-state index contributed by atoms with van der Waals surface area (Å²) in [6.45, 7) is 3.94. The van der Waals surface area contributed by atoms with Gasteiger partial charge < -0.3 is 5.11 Å². The van der Waals surface area contributed by atoms with Crippen molar-refractivity contribution in [3.05, 3.63) is 70.8 Å². The SMILES string of the molecule is Cc1cccc(C(C(=O)O)c2cccc(C)c2)c1. The van der Waals surface area contributed by atoms with E-state index in [0.717, 1.165) is 22.3 Å². The molecule has 18 heavy (non-hydrogen) atoms. The van der Waals surface area contributed by atoms with E-state index in [1.165, 1.54) is 0 Å². The molecule has 0 saturated carbocycles. The van der Waals surface area contributed by atoms with Crippen LogP contribution in [0.3, 0.4) is 0 Å². The predicted molar refractivity (Wildman–Crippen MR) is 71.8 cm³/mol. The molecular formula is C16H16O2. The van der Waals surface area contributed by atoms with Crippen molar-refractivity contribution in [2.75, 3.05) is 0 Å². The minimum absolute atomic E-state index is 0.593. The maximum absolute atomic E-state index is 11.5. The number of benzene rings is 2. The molecule has 0 aromatic heterocycles. The first-order chi connectivity index (χ1) is 8.58. The molecule has 0 aliphatic heterocycles. The van der Waals surface area contributed by atoms with Crippen LogP contribution in [0.25, 0.3) is 0 Å². The van der Waals surface area contributed by atoms with Gasteiger partial charge in [-0.3, -0.25) is 4.79 Å². The van der Waals surface area contributed by atoms with Gasteiger partial charge in [-0.15, -0.1) is 0 Å².